The van der Waals surface area contributed by atoms with Crippen LogP contribution in [0.4, 0.5) is 0 Å². The van der Waals surface area contributed by atoms with Crippen molar-refractivity contribution >= 4 is 7.85 Å². The molecule has 2 atom stereocenters. The molecule has 1 saturated heterocycles. The first-order valence-electron chi connectivity index (χ1n) is 7.69. The Hall–Kier alpha value is -1.50. The number of benzene rings is 1. The van der Waals surface area contributed by atoms with Crippen LogP contribution in [0.15, 0.2) is 29.7 Å². The van der Waals surface area contributed by atoms with Crippen LogP contribution in [0.1, 0.15) is 18.4 Å². The molecule has 23 heavy (non-hydrogen) atoms. The van der Waals surface area contributed by atoms with Gasteiger partial charge in [0.2, 0.25) is 0 Å². The van der Waals surface area contributed by atoms with Crippen molar-refractivity contribution in [2.45, 2.75) is 30.1 Å². The lowest BCUT2D eigenvalue weighted by atomic mass is 9.63. The third-order valence-electron chi connectivity index (χ3n) is 5.07. The Morgan fingerprint density at radius 3 is 2.57 bits per heavy atom. The fourth-order valence-electron chi connectivity index (χ4n) is 4.23. The number of likely N-dealkylation sites (N-methyl/N-ethyl adjacent to an activating group) is 1. The van der Waals surface area contributed by atoms with E-state index in [9.17, 15) is 10.2 Å². The summed E-state index contributed by atoms with van der Waals surface area (Å²) in [6.45, 7) is 0.756. The number of hydrogen-bond donors (Lipinski definition) is 2. The van der Waals surface area contributed by atoms with Gasteiger partial charge in [0.15, 0.2) is 17.3 Å². The van der Waals surface area contributed by atoms with Gasteiger partial charge < -0.3 is 19.7 Å². The maximum Gasteiger partial charge on any atom is 0.182 e. The summed E-state index contributed by atoms with van der Waals surface area (Å²) >= 11 is 0. The van der Waals surface area contributed by atoms with Crippen molar-refractivity contribution in [3.63, 3.8) is 0 Å². The molecule has 1 aliphatic carbocycles. The maximum atomic E-state index is 10.6. The van der Waals surface area contributed by atoms with Gasteiger partial charge in [-0.1, -0.05) is 12.1 Å². The van der Waals surface area contributed by atoms with Crippen LogP contribution in [0.25, 0.3) is 0 Å². The van der Waals surface area contributed by atoms with Crippen molar-refractivity contribution in [2.75, 3.05) is 27.8 Å². The minimum absolute atomic E-state index is 0.0526. The van der Waals surface area contributed by atoms with Crippen LogP contribution >= 0.6 is 0 Å². The highest BCUT2D eigenvalue weighted by Gasteiger charge is 2.57. The molecule has 122 valence electrons. The highest BCUT2D eigenvalue weighted by atomic mass is 16.5. The number of fused-ring (bicyclic) bond motifs is 1. The zero-order valence-corrected chi connectivity index (χ0v) is 13.7. The third kappa shape index (κ3) is 2.45. The molecular formula is C17H22BNO4. The van der Waals surface area contributed by atoms with E-state index in [0.717, 1.165) is 18.5 Å². The average Bonchev–Trinajstić information content (AvgIpc) is 2.84. The van der Waals surface area contributed by atoms with Crippen LogP contribution < -0.4 is 9.47 Å². The number of aliphatic hydroxyl groups is 2. The molecule has 1 aliphatic heterocycles. The summed E-state index contributed by atoms with van der Waals surface area (Å²) in [6, 6.07) is 5.22. The highest BCUT2D eigenvalue weighted by Crippen LogP contribution is 2.50. The summed E-state index contributed by atoms with van der Waals surface area (Å²) in [5, 5.41) is 21.2. The second kappa shape index (κ2) is 5.55. The molecule has 1 unspecified atom stereocenters. The van der Waals surface area contributed by atoms with Crippen molar-refractivity contribution in [2.24, 2.45) is 0 Å². The molecule has 2 radical (unpaired) electrons. The second-order valence-electron chi connectivity index (χ2n) is 6.52. The maximum absolute atomic E-state index is 10.6. The Balaban J connectivity index is 2.17. The molecule has 0 amide bonds. The molecule has 3 rings (SSSR count). The van der Waals surface area contributed by atoms with E-state index in [2.05, 4.69) is 0 Å². The van der Waals surface area contributed by atoms with Gasteiger partial charge in [0.05, 0.1) is 20.3 Å². The molecule has 0 bridgehead atoms. The van der Waals surface area contributed by atoms with Crippen LogP contribution in [-0.2, 0) is 5.41 Å². The predicted molar refractivity (Wildman–Crippen MR) is 87.9 cm³/mol. The Labute approximate surface area is 137 Å². The predicted octanol–water partition coefficient (Wildman–Crippen LogP) is 0.783. The summed E-state index contributed by atoms with van der Waals surface area (Å²) in [5.74, 6) is -0.605. The van der Waals surface area contributed by atoms with Crippen molar-refractivity contribution in [1.82, 2.24) is 4.90 Å². The summed E-state index contributed by atoms with van der Waals surface area (Å²) in [4.78, 5) is 1.99. The number of ether oxygens (including phenoxy) is 2. The van der Waals surface area contributed by atoms with Gasteiger partial charge in [0.25, 0.3) is 0 Å². The van der Waals surface area contributed by atoms with Crippen LogP contribution in [0.3, 0.4) is 0 Å². The van der Waals surface area contributed by atoms with Crippen molar-refractivity contribution < 1.29 is 19.7 Å². The highest BCUT2D eigenvalue weighted by molar-refractivity contribution is 6.21. The number of likely N-dealkylation sites (tertiary alicyclic amines) is 1. The van der Waals surface area contributed by atoms with E-state index in [1.54, 1.807) is 14.2 Å². The van der Waals surface area contributed by atoms with Gasteiger partial charge in [-0.3, -0.25) is 4.90 Å². The van der Waals surface area contributed by atoms with Crippen LogP contribution in [-0.4, -0.2) is 62.6 Å². The van der Waals surface area contributed by atoms with E-state index in [0.29, 0.717) is 17.0 Å². The van der Waals surface area contributed by atoms with Gasteiger partial charge in [0.1, 0.15) is 7.85 Å². The first-order valence-corrected chi connectivity index (χ1v) is 7.69. The Kier molecular flexibility index (Phi) is 3.95. The monoisotopic (exact) mass is 315 g/mol. The van der Waals surface area contributed by atoms with Crippen molar-refractivity contribution in [1.29, 1.82) is 0 Å². The van der Waals surface area contributed by atoms with Gasteiger partial charge >= 0.3 is 0 Å². The molecule has 0 aromatic heterocycles. The first-order chi connectivity index (χ1) is 10.8. The summed E-state index contributed by atoms with van der Waals surface area (Å²) in [5.41, 5.74) is 0.885. The van der Waals surface area contributed by atoms with Crippen LogP contribution in [0, 0.1) is 0 Å². The van der Waals surface area contributed by atoms with E-state index in [-0.39, 0.29) is 6.42 Å². The largest absolute Gasteiger partial charge is 0.493 e. The molecule has 6 heteroatoms. The standard InChI is InChI=1S/C17H22BNO4/c1-19-7-6-16(9-12(18)10-17(20,21)15(16)19)11-4-5-13(22-2)14(8-11)23-3/h4-5,8-9,15,20-21H,6-7,10H2,1-3H3/t15?,16-/m1/s1. The third-order valence-corrected chi connectivity index (χ3v) is 5.07. The lowest BCUT2D eigenvalue weighted by Gasteiger charge is -2.47. The fraction of sp³-hybridized carbons (Fsp3) is 0.529. The lowest BCUT2D eigenvalue weighted by Crippen LogP contribution is -2.59. The van der Waals surface area contributed by atoms with Crippen molar-refractivity contribution in [3.05, 3.63) is 35.3 Å². The minimum Gasteiger partial charge on any atom is -0.493 e. The van der Waals surface area contributed by atoms with Gasteiger partial charge in [-0.05, 0) is 37.7 Å². The van der Waals surface area contributed by atoms with E-state index in [1.807, 2.05) is 36.2 Å². The Bertz CT molecular complexity index is 645. The van der Waals surface area contributed by atoms with Gasteiger partial charge in [-0.25, -0.2) is 0 Å². The quantitative estimate of drug-likeness (QED) is 0.638. The number of nitrogens with zero attached hydrogens (tertiary/aromatic N) is 1. The normalized spacial score (nSPS) is 29.8. The summed E-state index contributed by atoms with van der Waals surface area (Å²) in [7, 11) is 11.1. The summed E-state index contributed by atoms with van der Waals surface area (Å²) < 4.78 is 10.7. The van der Waals surface area contributed by atoms with Gasteiger partial charge in [-0.15, -0.1) is 5.47 Å². The molecule has 1 aromatic rings. The SMILES string of the molecule is [B]C1=C[C@@]2(c3ccc(OC)c(OC)c3)CCN(C)C2C(O)(O)C1. The number of rotatable bonds is 3. The molecule has 0 saturated carbocycles. The zero-order chi connectivity index (χ0) is 16.8. The fourth-order valence-corrected chi connectivity index (χ4v) is 4.23. The molecule has 1 fully saturated rings. The van der Waals surface area contributed by atoms with E-state index in [4.69, 9.17) is 17.3 Å². The number of methoxy groups -OCH3 is 2. The van der Waals surface area contributed by atoms with Gasteiger partial charge in [-0.2, -0.15) is 0 Å². The molecule has 2 N–H and O–H groups in total. The first kappa shape index (κ1) is 16.4. The van der Waals surface area contributed by atoms with Gasteiger partial charge in [0, 0.05) is 11.8 Å². The van der Waals surface area contributed by atoms with Crippen LogP contribution in [0.5, 0.6) is 11.5 Å². The molecule has 1 aromatic carbocycles. The molecule has 2 aliphatic rings. The smallest absolute Gasteiger partial charge is 0.182 e. The molecule has 5 nitrogen and oxygen atoms in total. The van der Waals surface area contributed by atoms with Crippen LogP contribution in [0.2, 0.25) is 0 Å². The number of hydrogen-bond acceptors (Lipinski definition) is 5. The van der Waals surface area contributed by atoms with E-state index < -0.39 is 17.2 Å². The zero-order valence-electron chi connectivity index (χ0n) is 13.7. The minimum atomic E-state index is -1.86. The Morgan fingerprint density at radius 1 is 1.22 bits per heavy atom. The Morgan fingerprint density at radius 2 is 1.91 bits per heavy atom. The van der Waals surface area contributed by atoms with Crippen molar-refractivity contribution in [3.8, 4) is 11.5 Å². The summed E-state index contributed by atoms with van der Waals surface area (Å²) in [6.07, 6.45) is 2.79. The lowest BCUT2D eigenvalue weighted by molar-refractivity contribution is -0.207. The average molecular weight is 315 g/mol. The molecule has 0 spiro atoms. The van der Waals surface area contributed by atoms with E-state index in [1.165, 1.54) is 0 Å². The molecular weight excluding hydrogens is 293 g/mol. The second-order valence-corrected chi connectivity index (χ2v) is 6.52. The topological polar surface area (TPSA) is 62.2 Å². The molecule has 1 heterocycles. The van der Waals surface area contributed by atoms with E-state index >= 15 is 0 Å².